The topological polar surface area (TPSA) is 67.0 Å². The molecule has 1 aliphatic heterocycles. The van der Waals surface area contributed by atoms with Crippen molar-refractivity contribution in [3.63, 3.8) is 0 Å². The molecule has 1 aromatic heterocycles. The smallest absolute Gasteiger partial charge is 0.332 e. The highest BCUT2D eigenvalue weighted by Gasteiger charge is 2.42. The number of esters is 1. The van der Waals surface area contributed by atoms with Gasteiger partial charge >= 0.3 is 5.97 Å². The van der Waals surface area contributed by atoms with Crippen LogP contribution in [-0.4, -0.2) is 29.6 Å². The Hall–Kier alpha value is -1.36. The van der Waals surface area contributed by atoms with E-state index in [4.69, 9.17) is 4.74 Å². The van der Waals surface area contributed by atoms with Crippen LogP contribution in [0.3, 0.4) is 0 Å². The monoisotopic (exact) mass is 195 g/mol. The van der Waals surface area contributed by atoms with E-state index in [1.165, 1.54) is 7.11 Å². The summed E-state index contributed by atoms with van der Waals surface area (Å²) in [6, 6.07) is 0. The van der Waals surface area contributed by atoms with E-state index in [2.05, 4.69) is 15.3 Å². The Kier molecular flexibility index (Phi) is 2.03. The molecule has 5 heteroatoms. The molecule has 5 nitrogen and oxygen atoms in total. The number of aromatic nitrogens is 2. The van der Waals surface area contributed by atoms with Crippen LogP contribution in [0.5, 0.6) is 0 Å². The van der Waals surface area contributed by atoms with Gasteiger partial charge in [0.2, 0.25) is 0 Å². The van der Waals surface area contributed by atoms with Crippen LogP contribution in [0.1, 0.15) is 18.3 Å². The number of H-pyrrole nitrogens is 1. The fourth-order valence-corrected chi connectivity index (χ4v) is 1.84. The first-order valence-corrected chi connectivity index (χ1v) is 4.54. The number of nitrogens with zero attached hydrogens (tertiary/aromatic N) is 1. The number of aromatic amines is 1. The van der Waals surface area contributed by atoms with Crippen LogP contribution in [0.15, 0.2) is 6.33 Å². The molecule has 0 bridgehead atoms. The van der Waals surface area contributed by atoms with Crippen LogP contribution in [0.2, 0.25) is 0 Å². The zero-order valence-electron chi connectivity index (χ0n) is 8.26. The average Bonchev–Trinajstić information content (AvgIpc) is 2.66. The fraction of sp³-hybridized carbons (Fsp3) is 0.556. The van der Waals surface area contributed by atoms with Gasteiger partial charge in [-0.3, -0.25) is 5.32 Å². The molecule has 76 valence electrons. The molecule has 0 saturated heterocycles. The van der Waals surface area contributed by atoms with Gasteiger partial charge in [0.05, 0.1) is 19.1 Å². The number of carbonyl (C=O) groups excluding carboxylic acids is 1. The van der Waals surface area contributed by atoms with Crippen molar-refractivity contribution in [2.75, 3.05) is 13.7 Å². The minimum Gasteiger partial charge on any atom is -0.467 e. The molecule has 2 rings (SSSR count). The predicted octanol–water partition coefficient (Wildman–Crippen LogP) is -0.0564. The van der Waals surface area contributed by atoms with Gasteiger partial charge in [-0.05, 0) is 6.92 Å². The highest BCUT2D eigenvalue weighted by molar-refractivity contribution is 5.82. The second-order valence-corrected chi connectivity index (χ2v) is 3.52. The molecular formula is C9H13N3O2. The summed E-state index contributed by atoms with van der Waals surface area (Å²) in [5, 5.41) is 3.13. The minimum atomic E-state index is -0.803. The van der Waals surface area contributed by atoms with Crippen molar-refractivity contribution >= 4 is 5.97 Å². The third-order valence-corrected chi connectivity index (χ3v) is 2.64. The number of carbonyl (C=O) groups is 1. The van der Waals surface area contributed by atoms with E-state index in [9.17, 15) is 4.79 Å². The Bertz CT molecular complexity index is 361. The summed E-state index contributed by atoms with van der Waals surface area (Å²) in [6.07, 6.45) is 2.47. The van der Waals surface area contributed by atoms with Crippen molar-refractivity contribution in [2.45, 2.75) is 18.9 Å². The molecule has 0 saturated carbocycles. The van der Waals surface area contributed by atoms with E-state index >= 15 is 0 Å². The number of rotatable bonds is 1. The molecule has 2 heterocycles. The Morgan fingerprint density at radius 1 is 1.71 bits per heavy atom. The Morgan fingerprint density at radius 3 is 3.21 bits per heavy atom. The number of imidazole rings is 1. The lowest BCUT2D eigenvalue weighted by molar-refractivity contribution is -0.148. The van der Waals surface area contributed by atoms with Crippen LogP contribution < -0.4 is 5.32 Å². The summed E-state index contributed by atoms with van der Waals surface area (Å²) in [5.41, 5.74) is 0.953. The third kappa shape index (κ3) is 1.13. The summed E-state index contributed by atoms with van der Waals surface area (Å²) < 4.78 is 4.76. The van der Waals surface area contributed by atoms with E-state index in [1.54, 1.807) is 13.3 Å². The summed E-state index contributed by atoms with van der Waals surface area (Å²) in [6.45, 7) is 2.54. The van der Waals surface area contributed by atoms with Crippen molar-refractivity contribution in [3.05, 3.63) is 17.7 Å². The molecule has 1 aromatic rings. The molecule has 1 atom stereocenters. The van der Waals surface area contributed by atoms with E-state index in [1.807, 2.05) is 0 Å². The van der Waals surface area contributed by atoms with Crippen LogP contribution in [0.25, 0.3) is 0 Å². The first-order valence-electron chi connectivity index (χ1n) is 4.54. The molecule has 14 heavy (non-hydrogen) atoms. The van der Waals surface area contributed by atoms with Crippen LogP contribution in [0, 0.1) is 0 Å². The van der Waals surface area contributed by atoms with E-state index in [0.29, 0.717) is 0 Å². The number of fused-ring (bicyclic) bond motifs is 1. The normalized spacial score (nSPS) is 25.6. The maximum Gasteiger partial charge on any atom is 0.332 e. The van der Waals surface area contributed by atoms with Gasteiger partial charge < -0.3 is 9.72 Å². The highest BCUT2D eigenvalue weighted by Crippen LogP contribution is 2.26. The molecule has 0 radical (unpaired) electrons. The quantitative estimate of drug-likeness (QED) is 0.616. The first kappa shape index (κ1) is 9.21. The zero-order valence-corrected chi connectivity index (χ0v) is 8.26. The number of ether oxygens (including phenoxy) is 1. The molecule has 0 aromatic carbocycles. The summed E-state index contributed by atoms with van der Waals surface area (Å²) in [5.74, 6) is -0.300. The van der Waals surface area contributed by atoms with Gasteiger partial charge in [-0.25, -0.2) is 9.78 Å². The molecule has 1 aliphatic rings. The summed E-state index contributed by atoms with van der Waals surface area (Å²) in [7, 11) is 1.39. The van der Waals surface area contributed by atoms with Crippen LogP contribution in [-0.2, 0) is 21.5 Å². The Labute approximate surface area is 81.9 Å². The SMILES string of the molecule is COC(=O)[C@@]1(C)NCCc2[nH]cnc21. The van der Waals surface area contributed by atoms with E-state index < -0.39 is 5.54 Å². The maximum atomic E-state index is 11.6. The lowest BCUT2D eigenvalue weighted by atomic mass is 9.92. The van der Waals surface area contributed by atoms with Gasteiger partial charge in [0, 0.05) is 18.7 Å². The average molecular weight is 195 g/mol. The van der Waals surface area contributed by atoms with Gasteiger partial charge in [-0.15, -0.1) is 0 Å². The van der Waals surface area contributed by atoms with E-state index in [-0.39, 0.29) is 5.97 Å². The van der Waals surface area contributed by atoms with Crippen LogP contribution in [0.4, 0.5) is 0 Å². The molecule has 0 amide bonds. The van der Waals surface area contributed by atoms with Gasteiger partial charge in [0.15, 0.2) is 5.54 Å². The number of nitrogens with one attached hydrogen (secondary N) is 2. The Balaban J connectivity index is 2.44. The van der Waals surface area contributed by atoms with Gasteiger partial charge in [-0.1, -0.05) is 0 Å². The predicted molar refractivity (Wildman–Crippen MR) is 49.7 cm³/mol. The second kappa shape index (κ2) is 3.09. The highest BCUT2D eigenvalue weighted by atomic mass is 16.5. The first-order chi connectivity index (χ1) is 6.68. The molecule has 0 spiro atoms. The fourth-order valence-electron chi connectivity index (χ4n) is 1.84. The lowest BCUT2D eigenvalue weighted by Crippen LogP contribution is -2.51. The lowest BCUT2D eigenvalue weighted by Gasteiger charge is -2.30. The van der Waals surface area contributed by atoms with Crippen LogP contribution >= 0.6 is 0 Å². The van der Waals surface area contributed by atoms with Gasteiger partial charge in [-0.2, -0.15) is 0 Å². The minimum absolute atomic E-state index is 0.300. The summed E-state index contributed by atoms with van der Waals surface area (Å²) in [4.78, 5) is 18.8. The molecule has 0 aliphatic carbocycles. The largest absolute Gasteiger partial charge is 0.467 e. The number of hydrogen-bond donors (Lipinski definition) is 2. The molecule has 2 N–H and O–H groups in total. The maximum absolute atomic E-state index is 11.6. The van der Waals surface area contributed by atoms with Crippen molar-refractivity contribution in [3.8, 4) is 0 Å². The number of hydrogen-bond acceptors (Lipinski definition) is 4. The molecule has 0 fully saturated rings. The van der Waals surface area contributed by atoms with Crippen molar-refractivity contribution in [2.24, 2.45) is 0 Å². The van der Waals surface area contributed by atoms with Crippen molar-refractivity contribution < 1.29 is 9.53 Å². The second-order valence-electron chi connectivity index (χ2n) is 3.52. The molecular weight excluding hydrogens is 182 g/mol. The molecule has 0 unspecified atom stereocenters. The van der Waals surface area contributed by atoms with E-state index in [0.717, 1.165) is 24.4 Å². The third-order valence-electron chi connectivity index (χ3n) is 2.64. The summed E-state index contributed by atoms with van der Waals surface area (Å²) >= 11 is 0. The van der Waals surface area contributed by atoms with Crippen molar-refractivity contribution in [1.29, 1.82) is 0 Å². The van der Waals surface area contributed by atoms with Gasteiger partial charge in [0.25, 0.3) is 0 Å². The standard InChI is InChI=1S/C9H13N3O2/c1-9(8(13)14-2)7-6(3-4-12-9)10-5-11-7/h5,12H,3-4H2,1-2H3,(H,10,11)/t9-/m0/s1. The Morgan fingerprint density at radius 2 is 2.50 bits per heavy atom. The van der Waals surface area contributed by atoms with Crippen molar-refractivity contribution in [1.82, 2.24) is 15.3 Å². The number of methoxy groups -OCH3 is 1. The zero-order chi connectivity index (χ0) is 10.2. The van der Waals surface area contributed by atoms with Gasteiger partial charge in [0.1, 0.15) is 0 Å².